The van der Waals surface area contributed by atoms with Crippen LogP contribution in [0.3, 0.4) is 0 Å². The Hall–Kier alpha value is -1.73. The summed E-state index contributed by atoms with van der Waals surface area (Å²) in [6.07, 6.45) is 0.458. The second-order valence-electron chi connectivity index (χ2n) is 5.18. The summed E-state index contributed by atoms with van der Waals surface area (Å²) in [6.45, 7) is 3.42. The molecule has 1 atom stereocenters. The van der Waals surface area contributed by atoms with E-state index >= 15 is 0 Å². The van der Waals surface area contributed by atoms with Crippen molar-refractivity contribution in [3.8, 4) is 0 Å². The summed E-state index contributed by atoms with van der Waals surface area (Å²) >= 11 is 5.46. The molecule has 0 saturated carbocycles. The van der Waals surface area contributed by atoms with Crippen LogP contribution >= 0.6 is 11.6 Å². The number of anilines is 1. The first-order valence-electron chi connectivity index (χ1n) is 6.61. The summed E-state index contributed by atoms with van der Waals surface area (Å²) < 4.78 is 27.0. The number of halogens is 3. The molecule has 1 aromatic carbocycles. The summed E-state index contributed by atoms with van der Waals surface area (Å²) in [4.78, 5) is 23.4. The van der Waals surface area contributed by atoms with Gasteiger partial charge < -0.3 is 15.7 Å². The van der Waals surface area contributed by atoms with E-state index in [4.69, 9.17) is 16.7 Å². The van der Waals surface area contributed by atoms with E-state index in [2.05, 4.69) is 5.32 Å². The van der Waals surface area contributed by atoms with Crippen LogP contribution in [0.2, 0.25) is 5.02 Å². The molecule has 0 spiro atoms. The molecule has 8 heteroatoms. The molecule has 0 aliphatic carbocycles. The maximum Gasteiger partial charge on any atom is 0.313 e. The van der Waals surface area contributed by atoms with Gasteiger partial charge in [0.05, 0.1) is 12.6 Å². The van der Waals surface area contributed by atoms with Gasteiger partial charge in [-0.1, -0.05) is 25.4 Å². The van der Waals surface area contributed by atoms with Crippen LogP contribution < -0.4 is 10.6 Å². The molecule has 0 aromatic heterocycles. The molecule has 1 aromatic rings. The fourth-order valence-corrected chi connectivity index (χ4v) is 2.02. The Balaban J connectivity index is 2.74. The number of hydrogen-bond donors (Lipinski definition) is 3. The molecule has 0 bridgehead atoms. The highest BCUT2D eigenvalue weighted by molar-refractivity contribution is 6.39. The van der Waals surface area contributed by atoms with E-state index in [0.717, 1.165) is 12.1 Å². The normalized spacial score (nSPS) is 12.1. The Morgan fingerprint density at radius 2 is 1.77 bits per heavy atom. The van der Waals surface area contributed by atoms with Crippen LogP contribution in [0.4, 0.5) is 14.5 Å². The van der Waals surface area contributed by atoms with Gasteiger partial charge in [-0.15, -0.1) is 0 Å². The molecule has 2 amide bonds. The first-order valence-corrected chi connectivity index (χ1v) is 6.99. The Kier molecular flexibility index (Phi) is 6.70. The van der Waals surface area contributed by atoms with Crippen LogP contribution in [0.5, 0.6) is 0 Å². The lowest BCUT2D eigenvalue weighted by Gasteiger charge is -2.18. The van der Waals surface area contributed by atoms with Gasteiger partial charge in [0, 0.05) is 5.02 Å². The minimum absolute atomic E-state index is 0.172. The van der Waals surface area contributed by atoms with Gasteiger partial charge in [-0.3, -0.25) is 9.59 Å². The second kappa shape index (κ2) is 8.05. The minimum Gasteiger partial charge on any atom is -0.394 e. The topological polar surface area (TPSA) is 78.4 Å². The third kappa shape index (κ3) is 5.23. The maximum atomic E-state index is 13.5. The van der Waals surface area contributed by atoms with Crippen molar-refractivity contribution < 1.29 is 23.5 Å². The molecule has 5 nitrogen and oxygen atoms in total. The van der Waals surface area contributed by atoms with Gasteiger partial charge in [-0.25, -0.2) is 8.78 Å². The van der Waals surface area contributed by atoms with Crippen molar-refractivity contribution in [3.05, 3.63) is 28.8 Å². The summed E-state index contributed by atoms with van der Waals surface area (Å²) in [5.74, 6) is -4.32. The van der Waals surface area contributed by atoms with Gasteiger partial charge in [0.1, 0.15) is 5.69 Å². The van der Waals surface area contributed by atoms with E-state index in [1.807, 2.05) is 19.2 Å². The van der Waals surface area contributed by atoms with E-state index in [1.165, 1.54) is 0 Å². The van der Waals surface area contributed by atoms with Crippen molar-refractivity contribution in [2.75, 3.05) is 11.9 Å². The smallest absolute Gasteiger partial charge is 0.313 e. The zero-order valence-electron chi connectivity index (χ0n) is 12.1. The molecule has 1 unspecified atom stereocenters. The fourth-order valence-electron chi connectivity index (χ4n) is 1.83. The minimum atomic E-state index is -1.23. The number of aliphatic hydroxyl groups excluding tert-OH is 1. The molecule has 122 valence electrons. The van der Waals surface area contributed by atoms with Crippen molar-refractivity contribution in [3.63, 3.8) is 0 Å². The number of benzene rings is 1. The Labute approximate surface area is 131 Å². The van der Waals surface area contributed by atoms with Gasteiger partial charge >= 0.3 is 11.8 Å². The molecule has 0 fully saturated rings. The quantitative estimate of drug-likeness (QED) is 0.721. The van der Waals surface area contributed by atoms with Crippen LogP contribution in [-0.2, 0) is 9.59 Å². The number of rotatable bonds is 5. The van der Waals surface area contributed by atoms with Crippen LogP contribution in [0.25, 0.3) is 0 Å². The first kappa shape index (κ1) is 18.3. The van der Waals surface area contributed by atoms with Crippen molar-refractivity contribution in [2.45, 2.75) is 26.3 Å². The van der Waals surface area contributed by atoms with Gasteiger partial charge in [-0.2, -0.15) is 0 Å². The highest BCUT2D eigenvalue weighted by Gasteiger charge is 2.22. The largest absolute Gasteiger partial charge is 0.394 e. The van der Waals surface area contributed by atoms with Crippen molar-refractivity contribution in [1.82, 2.24) is 5.32 Å². The van der Waals surface area contributed by atoms with Gasteiger partial charge in [-0.05, 0) is 24.5 Å². The molecule has 0 radical (unpaired) electrons. The lowest BCUT2D eigenvalue weighted by Crippen LogP contribution is -2.44. The zero-order chi connectivity index (χ0) is 16.9. The molecule has 0 aliphatic rings. The van der Waals surface area contributed by atoms with Gasteiger partial charge in [0.2, 0.25) is 0 Å². The predicted octanol–water partition coefficient (Wildman–Crippen LogP) is 2.08. The number of carbonyl (C=O) groups excluding carboxylic acids is 2. The number of nitrogens with one attached hydrogen (secondary N) is 2. The highest BCUT2D eigenvalue weighted by atomic mass is 35.5. The van der Waals surface area contributed by atoms with Crippen LogP contribution in [-0.4, -0.2) is 29.6 Å². The van der Waals surface area contributed by atoms with E-state index in [1.54, 1.807) is 0 Å². The predicted molar refractivity (Wildman–Crippen MR) is 78.5 cm³/mol. The van der Waals surface area contributed by atoms with Crippen molar-refractivity contribution in [1.29, 1.82) is 0 Å². The third-order valence-electron chi connectivity index (χ3n) is 2.76. The summed E-state index contributed by atoms with van der Waals surface area (Å²) in [5.41, 5.74) is -0.756. The van der Waals surface area contributed by atoms with Crippen LogP contribution in [0, 0.1) is 17.6 Å². The van der Waals surface area contributed by atoms with Gasteiger partial charge in [0.15, 0.2) is 11.6 Å². The molecule has 0 saturated heterocycles. The number of carbonyl (C=O) groups is 2. The van der Waals surface area contributed by atoms with Crippen molar-refractivity contribution in [2.24, 2.45) is 5.92 Å². The molecule has 0 heterocycles. The van der Waals surface area contributed by atoms with E-state index in [-0.39, 0.29) is 17.5 Å². The maximum absolute atomic E-state index is 13.5. The Bertz CT molecular complexity index is 544. The zero-order valence-corrected chi connectivity index (χ0v) is 12.9. The number of aliphatic hydroxyl groups is 1. The summed E-state index contributed by atoms with van der Waals surface area (Å²) in [5, 5.41) is 13.1. The highest BCUT2D eigenvalue weighted by Crippen LogP contribution is 2.23. The van der Waals surface area contributed by atoms with Gasteiger partial charge in [0.25, 0.3) is 0 Å². The van der Waals surface area contributed by atoms with E-state index < -0.39 is 35.2 Å². The third-order valence-corrected chi connectivity index (χ3v) is 2.98. The number of amides is 2. The van der Waals surface area contributed by atoms with E-state index in [0.29, 0.717) is 6.42 Å². The SMILES string of the molecule is CC(C)CC(CO)NC(=O)C(=O)Nc1c(F)cc(Cl)cc1F. The van der Waals surface area contributed by atoms with Crippen molar-refractivity contribution >= 4 is 29.1 Å². The molecule has 3 N–H and O–H groups in total. The molecule has 0 aliphatic heterocycles. The second-order valence-corrected chi connectivity index (χ2v) is 5.62. The average Bonchev–Trinajstić information content (AvgIpc) is 2.40. The fraction of sp³-hybridized carbons (Fsp3) is 0.429. The lowest BCUT2D eigenvalue weighted by atomic mass is 10.0. The van der Waals surface area contributed by atoms with Crippen LogP contribution in [0.1, 0.15) is 20.3 Å². The summed E-state index contributed by atoms with van der Waals surface area (Å²) in [6, 6.07) is 1.01. The van der Waals surface area contributed by atoms with Crippen LogP contribution in [0.15, 0.2) is 12.1 Å². The Morgan fingerprint density at radius 1 is 1.23 bits per heavy atom. The first-order chi connectivity index (χ1) is 10.2. The number of hydrogen-bond acceptors (Lipinski definition) is 3. The Morgan fingerprint density at radius 3 is 2.23 bits per heavy atom. The molecular weight excluding hydrogens is 318 g/mol. The average molecular weight is 335 g/mol. The molecular formula is C14H17ClF2N2O3. The summed E-state index contributed by atoms with van der Waals surface area (Å²) in [7, 11) is 0. The standard InChI is InChI=1S/C14H17ClF2N2O3/c1-7(2)3-9(6-20)18-13(21)14(22)19-12-10(16)4-8(15)5-11(12)17/h4-5,7,9,20H,3,6H2,1-2H3,(H,18,21)(H,19,22). The molecule has 22 heavy (non-hydrogen) atoms. The molecule has 1 rings (SSSR count). The monoisotopic (exact) mass is 334 g/mol. The lowest BCUT2D eigenvalue weighted by molar-refractivity contribution is -0.136. The van der Waals surface area contributed by atoms with E-state index in [9.17, 15) is 18.4 Å².